The summed E-state index contributed by atoms with van der Waals surface area (Å²) in [4.78, 5) is 25.4. The molecule has 11 nitrogen and oxygen atoms in total. The van der Waals surface area contributed by atoms with E-state index in [4.69, 9.17) is 9.47 Å². The third kappa shape index (κ3) is 7.11. The number of hydrogen-bond donors (Lipinski definition) is 2. The van der Waals surface area contributed by atoms with Gasteiger partial charge in [-0.15, -0.1) is 0 Å². The van der Waals surface area contributed by atoms with Crippen molar-refractivity contribution in [2.45, 2.75) is 18.0 Å². The van der Waals surface area contributed by atoms with Gasteiger partial charge in [-0.25, -0.2) is 8.42 Å². The normalized spacial score (nSPS) is 12.2. The summed E-state index contributed by atoms with van der Waals surface area (Å²) in [6.07, 6.45) is 0. The minimum atomic E-state index is -4.84. The minimum Gasteiger partial charge on any atom is -0.744 e. The molecule has 0 radical (unpaired) electrons. The van der Waals surface area contributed by atoms with Gasteiger partial charge in [-0.05, 0) is 47.5 Å². The number of nitrogens with zero attached hydrogens (tertiary/aromatic N) is 2. The van der Waals surface area contributed by atoms with Gasteiger partial charge >= 0.3 is 29.6 Å². The molecule has 0 aliphatic heterocycles. The molecule has 0 saturated heterocycles. The van der Waals surface area contributed by atoms with Crippen molar-refractivity contribution in [2.24, 2.45) is 10.2 Å². The maximum Gasteiger partial charge on any atom is 1.00 e. The zero-order chi connectivity index (χ0) is 27.3. The number of methoxy groups -OCH3 is 2. The smallest absolute Gasteiger partial charge is 0.744 e. The Morgan fingerprint density at radius 2 is 1.15 bits per heavy atom. The molecule has 2 N–H and O–H groups in total. The first kappa shape index (κ1) is 30.0. The second-order valence-electron chi connectivity index (χ2n) is 8.11. The van der Waals surface area contributed by atoms with E-state index in [0.717, 1.165) is 23.3 Å². The van der Waals surface area contributed by atoms with Crippen molar-refractivity contribution in [2.75, 3.05) is 14.2 Å². The predicted molar refractivity (Wildman–Crippen MR) is 138 cm³/mol. The largest absolute Gasteiger partial charge is 1.00 e. The summed E-state index contributed by atoms with van der Waals surface area (Å²) in [6, 6.07) is 17.6. The maximum atomic E-state index is 13.0. The van der Waals surface area contributed by atoms with E-state index in [1.54, 1.807) is 62.8 Å². The molecule has 4 aromatic rings. The minimum absolute atomic E-state index is 0. The van der Waals surface area contributed by atoms with Crippen molar-refractivity contribution >= 4 is 20.9 Å². The Hall–Kier alpha value is -3.55. The molecule has 4 rings (SSSR count). The monoisotopic (exact) mass is 558 g/mol. The summed E-state index contributed by atoms with van der Waals surface area (Å²) in [5.41, 5.74) is 5.21. The average molecular weight is 559 g/mol. The Morgan fingerprint density at radius 3 is 1.56 bits per heavy atom. The molecule has 0 aliphatic rings. The summed E-state index contributed by atoms with van der Waals surface area (Å²) in [5.74, 6) is 1.35. The van der Waals surface area contributed by atoms with Crippen molar-refractivity contribution in [1.29, 1.82) is 0 Å². The van der Waals surface area contributed by atoms with E-state index in [1.807, 2.05) is 0 Å². The molecule has 4 aromatic carbocycles. The fourth-order valence-corrected chi connectivity index (χ4v) is 4.17. The molecule has 0 fully saturated rings. The SMILES string of the molecule is COc1ccc(CNN=c2c(=O)c(=O)c(=NNCc3ccc(OC)cc3)c3cc(S(=O)(=O)[O-])ccc23)cc1.[Na+]. The molecular formula is C26H23N4NaO7S. The zero-order valence-electron chi connectivity index (χ0n) is 21.4. The van der Waals surface area contributed by atoms with Crippen molar-refractivity contribution in [3.63, 3.8) is 0 Å². The van der Waals surface area contributed by atoms with Crippen LogP contribution in [0.4, 0.5) is 0 Å². The van der Waals surface area contributed by atoms with E-state index in [9.17, 15) is 22.6 Å². The summed E-state index contributed by atoms with van der Waals surface area (Å²) in [7, 11) is -1.74. The van der Waals surface area contributed by atoms with Crippen LogP contribution in [0.1, 0.15) is 11.1 Å². The van der Waals surface area contributed by atoms with Crippen LogP contribution in [0, 0.1) is 0 Å². The van der Waals surface area contributed by atoms with Gasteiger partial charge < -0.3 is 24.9 Å². The van der Waals surface area contributed by atoms with Crippen LogP contribution < -0.4 is 71.5 Å². The van der Waals surface area contributed by atoms with Gasteiger partial charge in [0, 0.05) is 10.8 Å². The van der Waals surface area contributed by atoms with Crippen LogP contribution in [0.2, 0.25) is 0 Å². The second kappa shape index (κ2) is 13.0. The number of ether oxygens (including phenoxy) is 2. The van der Waals surface area contributed by atoms with E-state index in [0.29, 0.717) is 11.5 Å². The van der Waals surface area contributed by atoms with Gasteiger partial charge in [0.05, 0.1) is 32.2 Å². The Labute approximate surface area is 245 Å². The first-order chi connectivity index (χ1) is 18.2. The van der Waals surface area contributed by atoms with E-state index in [2.05, 4.69) is 21.1 Å². The molecule has 39 heavy (non-hydrogen) atoms. The van der Waals surface area contributed by atoms with E-state index in [1.165, 1.54) is 6.07 Å². The van der Waals surface area contributed by atoms with Gasteiger partial charge in [-0.1, -0.05) is 30.3 Å². The van der Waals surface area contributed by atoms with Gasteiger partial charge in [-0.3, -0.25) is 9.59 Å². The molecule has 13 heteroatoms. The standard InChI is InChI=1S/C26H24N4O7S.Na/c1-36-18-7-3-16(4-8-18)14-27-29-23-21-12-11-20(38(33,34)35)13-22(21)24(26(32)25(23)31)30-28-15-17-5-9-19(37-2)10-6-17;/h3-13,27-28H,14-15H2,1-2H3,(H,33,34,35);/q;+1/p-1. The van der Waals surface area contributed by atoms with Crippen molar-refractivity contribution < 1.29 is 52.0 Å². The molecule has 0 unspecified atom stereocenters. The summed E-state index contributed by atoms with van der Waals surface area (Å²) >= 11 is 0. The van der Waals surface area contributed by atoms with Crippen LogP contribution in [0.15, 0.2) is 91.4 Å². The average Bonchev–Trinajstić information content (AvgIpc) is 2.92. The van der Waals surface area contributed by atoms with Gasteiger partial charge in [0.2, 0.25) is 0 Å². The van der Waals surface area contributed by atoms with Crippen LogP contribution in [0.3, 0.4) is 0 Å². The summed E-state index contributed by atoms with van der Waals surface area (Å²) < 4.78 is 45.2. The molecule has 0 aromatic heterocycles. The molecule has 0 amide bonds. The topological polar surface area (TPSA) is 159 Å². The number of rotatable bonds is 9. The summed E-state index contributed by atoms with van der Waals surface area (Å²) in [5, 5.41) is 7.81. The molecule has 0 heterocycles. The maximum absolute atomic E-state index is 13.0. The number of benzene rings is 4. The third-order valence-electron chi connectivity index (χ3n) is 5.69. The Balaban J connectivity index is 0.00000420. The van der Waals surface area contributed by atoms with Crippen LogP contribution in [-0.4, -0.2) is 27.2 Å². The van der Waals surface area contributed by atoms with Gasteiger partial charge in [-0.2, -0.15) is 10.2 Å². The molecular weight excluding hydrogens is 535 g/mol. The van der Waals surface area contributed by atoms with E-state index >= 15 is 0 Å². The second-order valence-corrected chi connectivity index (χ2v) is 9.49. The van der Waals surface area contributed by atoms with Crippen molar-refractivity contribution in [1.82, 2.24) is 10.9 Å². The first-order valence-electron chi connectivity index (χ1n) is 11.3. The molecule has 0 aliphatic carbocycles. The Bertz CT molecular complexity index is 1800. The van der Waals surface area contributed by atoms with Crippen molar-refractivity contribution in [3.05, 3.63) is 109 Å². The van der Waals surface area contributed by atoms with E-state index in [-0.39, 0.29) is 64.1 Å². The van der Waals surface area contributed by atoms with E-state index < -0.39 is 25.9 Å². The third-order valence-corrected chi connectivity index (χ3v) is 6.52. The van der Waals surface area contributed by atoms with Crippen LogP contribution >= 0.6 is 0 Å². The molecule has 0 saturated carbocycles. The number of hydrogen-bond acceptors (Lipinski definition) is 11. The first-order valence-corrected chi connectivity index (χ1v) is 12.7. The van der Waals surface area contributed by atoms with Crippen LogP contribution in [0.5, 0.6) is 11.5 Å². The fourth-order valence-electron chi connectivity index (χ4n) is 3.67. The summed E-state index contributed by atoms with van der Waals surface area (Å²) in [6.45, 7) is 0.440. The molecule has 196 valence electrons. The quantitative estimate of drug-likeness (QED) is 0.0986. The molecule has 0 spiro atoms. The Kier molecular flexibility index (Phi) is 10.0. The predicted octanol–water partition coefficient (Wildman–Crippen LogP) is -2.43. The van der Waals surface area contributed by atoms with Gasteiger partial charge in [0.25, 0.3) is 10.9 Å². The zero-order valence-corrected chi connectivity index (χ0v) is 24.2. The molecule has 0 bridgehead atoms. The fraction of sp³-hybridized carbons (Fsp3) is 0.154. The molecule has 0 atom stereocenters. The number of nitrogens with one attached hydrogen (secondary N) is 2. The van der Waals surface area contributed by atoms with Gasteiger partial charge in [0.1, 0.15) is 32.3 Å². The van der Waals surface area contributed by atoms with Crippen molar-refractivity contribution in [3.8, 4) is 11.5 Å². The van der Waals surface area contributed by atoms with Crippen LogP contribution in [0.25, 0.3) is 10.8 Å². The Morgan fingerprint density at radius 1 is 0.718 bits per heavy atom. The van der Waals surface area contributed by atoms with Crippen LogP contribution in [-0.2, 0) is 23.2 Å². The van der Waals surface area contributed by atoms with Gasteiger partial charge in [0.15, 0.2) is 0 Å². The number of fused-ring (bicyclic) bond motifs is 1.